The summed E-state index contributed by atoms with van der Waals surface area (Å²) in [5, 5.41) is 7.68. The zero-order valence-corrected chi connectivity index (χ0v) is 22.6. The molecule has 7 nitrogen and oxygen atoms in total. The standard InChI is InChI=1S/C25H32FN3O4SSi/c1-16-21(12-18(13-22(16)26)24(30)27-19-7-8-19)17-6-9-20-23(14-17)29(28-25(20)34(2,31)32)15-33-10-11-35(3,4)5/h6,9,12-14,19H,7-8,10-11,15H2,1-5H3,(H,27,30). The van der Waals surface area contributed by atoms with E-state index in [1.807, 2.05) is 0 Å². The van der Waals surface area contributed by atoms with Crippen LogP contribution in [0.2, 0.25) is 25.7 Å². The van der Waals surface area contributed by atoms with Gasteiger partial charge in [0, 0.05) is 37.9 Å². The lowest BCUT2D eigenvalue weighted by molar-refractivity contribution is 0.0808. The van der Waals surface area contributed by atoms with Crippen molar-refractivity contribution in [2.45, 2.75) is 63.2 Å². The van der Waals surface area contributed by atoms with Gasteiger partial charge in [-0.2, -0.15) is 5.10 Å². The van der Waals surface area contributed by atoms with Gasteiger partial charge in [0.15, 0.2) is 14.9 Å². The number of sulfone groups is 1. The minimum atomic E-state index is -3.57. The molecule has 1 amide bonds. The van der Waals surface area contributed by atoms with E-state index >= 15 is 0 Å². The first-order valence-corrected chi connectivity index (χ1v) is 17.3. The molecular formula is C25H32FN3O4SSi. The minimum Gasteiger partial charge on any atom is -0.360 e. The summed E-state index contributed by atoms with van der Waals surface area (Å²) in [6, 6.07) is 9.28. The van der Waals surface area contributed by atoms with Crippen molar-refractivity contribution in [3.63, 3.8) is 0 Å². The lowest BCUT2D eigenvalue weighted by atomic mass is 9.96. The van der Waals surface area contributed by atoms with Crippen molar-refractivity contribution in [1.29, 1.82) is 0 Å². The van der Waals surface area contributed by atoms with Gasteiger partial charge in [0.1, 0.15) is 12.5 Å². The van der Waals surface area contributed by atoms with Crippen LogP contribution in [0.15, 0.2) is 35.4 Å². The van der Waals surface area contributed by atoms with E-state index in [1.54, 1.807) is 31.2 Å². The molecule has 0 radical (unpaired) electrons. The van der Waals surface area contributed by atoms with Crippen molar-refractivity contribution in [2.75, 3.05) is 12.9 Å². The number of benzene rings is 2. The molecule has 1 saturated carbocycles. The largest absolute Gasteiger partial charge is 0.360 e. The summed E-state index contributed by atoms with van der Waals surface area (Å²) in [7, 11) is -4.85. The van der Waals surface area contributed by atoms with E-state index in [0.717, 1.165) is 25.1 Å². The number of carbonyl (C=O) groups excluding carboxylic acids is 1. The van der Waals surface area contributed by atoms with E-state index in [-0.39, 0.29) is 29.3 Å². The molecule has 10 heteroatoms. The third kappa shape index (κ3) is 5.99. The molecule has 1 aliphatic rings. The first-order valence-electron chi connectivity index (χ1n) is 11.7. The second-order valence-corrected chi connectivity index (χ2v) is 18.1. The Hall–Kier alpha value is -2.56. The van der Waals surface area contributed by atoms with Gasteiger partial charge in [0.2, 0.25) is 0 Å². The summed E-state index contributed by atoms with van der Waals surface area (Å²) in [6.45, 7) is 9.11. The molecule has 188 valence electrons. The average Bonchev–Trinajstić information content (AvgIpc) is 3.49. The van der Waals surface area contributed by atoms with Gasteiger partial charge in [0.25, 0.3) is 5.91 Å². The molecule has 0 bridgehead atoms. The molecule has 3 aromatic rings. The van der Waals surface area contributed by atoms with Crippen LogP contribution in [-0.4, -0.2) is 51.1 Å². The van der Waals surface area contributed by atoms with Crippen molar-refractivity contribution in [3.8, 4) is 11.1 Å². The molecule has 1 aliphatic carbocycles. The number of nitrogens with zero attached hydrogens (tertiary/aromatic N) is 2. The van der Waals surface area contributed by atoms with Crippen LogP contribution in [0, 0.1) is 12.7 Å². The molecule has 0 atom stereocenters. The predicted octanol–water partition coefficient (Wildman–Crippen LogP) is 4.76. The molecule has 2 aromatic carbocycles. The Labute approximate surface area is 206 Å². The average molecular weight is 518 g/mol. The fraction of sp³-hybridized carbons (Fsp3) is 0.440. The number of rotatable bonds is 9. The third-order valence-corrected chi connectivity index (χ3v) is 8.82. The second-order valence-electron chi connectivity index (χ2n) is 10.5. The van der Waals surface area contributed by atoms with Crippen LogP contribution in [0.25, 0.3) is 22.0 Å². The Kier molecular flexibility index (Phi) is 6.91. The van der Waals surface area contributed by atoms with Gasteiger partial charge in [-0.05, 0) is 66.8 Å². The van der Waals surface area contributed by atoms with Gasteiger partial charge in [-0.3, -0.25) is 4.79 Å². The molecule has 35 heavy (non-hydrogen) atoms. The summed E-state index contributed by atoms with van der Waals surface area (Å²) in [5.74, 6) is -0.766. The Morgan fingerprint density at radius 2 is 1.94 bits per heavy atom. The van der Waals surface area contributed by atoms with Crippen molar-refractivity contribution in [1.82, 2.24) is 15.1 Å². The zero-order chi connectivity index (χ0) is 25.5. The highest BCUT2D eigenvalue weighted by molar-refractivity contribution is 7.90. The Morgan fingerprint density at radius 1 is 1.23 bits per heavy atom. The monoisotopic (exact) mass is 517 g/mol. The number of carbonyl (C=O) groups is 1. The van der Waals surface area contributed by atoms with E-state index in [4.69, 9.17) is 4.74 Å². The van der Waals surface area contributed by atoms with Gasteiger partial charge in [0.05, 0.1) is 5.52 Å². The molecule has 1 heterocycles. The fourth-order valence-electron chi connectivity index (χ4n) is 3.82. The molecular weight excluding hydrogens is 485 g/mol. The molecule has 0 unspecified atom stereocenters. The van der Waals surface area contributed by atoms with Gasteiger partial charge in [-0.1, -0.05) is 25.7 Å². The van der Waals surface area contributed by atoms with E-state index in [1.165, 1.54) is 10.7 Å². The van der Waals surface area contributed by atoms with Crippen molar-refractivity contribution in [2.24, 2.45) is 0 Å². The van der Waals surface area contributed by atoms with E-state index in [0.29, 0.717) is 34.2 Å². The fourth-order valence-corrected chi connectivity index (χ4v) is 5.39. The zero-order valence-electron chi connectivity index (χ0n) is 20.8. The van der Waals surface area contributed by atoms with E-state index in [9.17, 15) is 17.6 Å². The number of aromatic nitrogens is 2. The van der Waals surface area contributed by atoms with Crippen LogP contribution >= 0.6 is 0 Å². The number of ether oxygens (including phenoxy) is 1. The number of halogens is 1. The highest BCUT2D eigenvalue weighted by atomic mass is 32.2. The molecule has 0 aliphatic heterocycles. The Bertz CT molecular complexity index is 1390. The first-order chi connectivity index (χ1) is 16.3. The van der Waals surface area contributed by atoms with E-state index < -0.39 is 23.7 Å². The van der Waals surface area contributed by atoms with Crippen molar-refractivity contribution in [3.05, 3.63) is 47.3 Å². The summed E-state index contributed by atoms with van der Waals surface area (Å²) in [6.07, 6.45) is 3.01. The van der Waals surface area contributed by atoms with Crippen LogP contribution in [0.3, 0.4) is 0 Å². The normalized spacial score (nSPS) is 14.5. The third-order valence-electron chi connectivity index (χ3n) is 6.11. The van der Waals surface area contributed by atoms with Crippen LogP contribution < -0.4 is 5.32 Å². The minimum absolute atomic E-state index is 0.0201. The first kappa shape index (κ1) is 25.5. The Balaban J connectivity index is 1.74. The highest BCUT2D eigenvalue weighted by Gasteiger charge is 2.25. The number of hydrogen-bond donors (Lipinski definition) is 1. The smallest absolute Gasteiger partial charge is 0.251 e. The van der Waals surface area contributed by atoms with Crippen molar-refractivity contribution < 1.29 is 22.3 Å². The quantitative estimate of drug-likeness (QED) is 0.327. The summed E-state index contributed by atoms with van der Waals surface area (Å²) in [4.78, 5) is 12.6. The maximum Gasteiger partial charge on any atom is 0.251 e. The molecule has 1 N–H and O–H groups in total. The second kappa shape index (κ2) is 9.48. The maximum atomic E-state index is 14.8. The molecule has 0 spiro atoms. The molecule has 4 rings (SSSR count). The van der Waals surface area contributed by atoms with Crippen LogP contribution in [-0.2, 0) is 21.3 Å². The lowest BCUT2D eigenvalue weighted by Crippen LogP contribution is -2.25. The maximum absolute atomic E-state index is 14.8. The van der Waals surface area contributed by atoms with Gasteiger partial charge in [-0.15, -0.1) is 0 Å². The highest BCUT2D eigenvalue weighted by Crippen LogP contribution is 2.32. The summed E-state index contributed by atoms with van der Waals surface area (Å²) in [5.41, 5.74) is 2.48. The van der Waals surface area contributed by atoms with Crippen LogP contribution in [0.5, 0.6) is 0 Å². The summed E-state index contributed by atoms with van der Waals surface area (Å²) >= 11 is 0. The predicted molar refractivity (Wildman–Crippen MR) is 138 cm³/mol. The number of fused-ring (bicyclic) bond motifs is 1. The number of nitrogens with one attached hydrogen (secondary N) is 1. The van der Waals surface area contributed by atoms with Gasteiger partial charge in [-0.25, -0.2) is 17.5 Å². The lowest BCUT2D eigenvalue weighted by Gasteiger charge is -2.15. The molecule has 1 aromatic heterocycles. The van der Waals surface area contributed by atoms with Gasteiger partial charge < -0.3 is 10.1 Å². The summed E-state index contributed by atoms with van der Waals surface area (Å²) < 4.78 is 46.9. The van der Waals surface area contributed by atoms with Crippen molar-refractivity contribution >= 4 is 34.7 Å². The van der Waals surface area contributed by atoms with Gasteiger partial charge >= 0.3 is 0 Å². The topological polar surface area (TPSA) is 90.3 Å². The Morgan fingerprint density at radius 3 is 2.57 bits per heavy atom. The SMILES string of the molecule is Cc1c(F)cc(C(=O)NC2CC2)cc1-c1ccc2c(S(C)(=O)=O)nn(COCC[Si](C)(C)C)c2c1. The van der Waals surface area contributed by atoms with Crippen LogP contribution in [0.4, 0.5) is 4.39 Å². The number of amides is 1. The number of hydrogen-bond acceptors (Lipinski definition) is 5. The molecule has 0 saturated heterocycles. The van der Waals surface area contributed by atoms with Crippen LogP contribution in [0.1, 0.15) is 28.8 Å². The molecule has 1 fully saturated rings. The van der Waals surface area contributed by atoms with E-state index in [2.05, 4.69) is 30.1 Å².